The van der Waals surface area contributed by atoms with Crippen LogP contribution in [0.5, 0.6) is 0 Å². The van der Waals surface area contributed by atoms with Crippen molar-refractivity contribution >= 4 is 15.5 Å². The first kappa shape index (κ1) is 12.9. The van der Waals surface area contributed by atoms with Gasteiger partial charge in [0.15, 0.2) is 0 Å². The Balaban J connectivity index is 0. The first-order chi connectivity index (χ1) is 4.00. The summed E-state index contributed by atoms with van der Waals surface area (Å²) in [5.41, 5.74) is 8.04. The SMILES string of the molecule is NP(=O)(O)O.NP(=O)(O)O. The fourth-order valence-electron chi connectivity index (χ4n) is 0. The van der Waals surface area contributed by atoms with Gasteiger partial charge in [-0.15, -0.1) is 0 Å². The third kappa shape index (κ3) is 8850. The van der Waals surface area contributed by atoms with Gasteiger partial charge in [-0.25, -0.2) is 20.1 Å². The predicted octanol–water partition coefficient (Wildman–Crippen LogP) is -1.92. The summed E-state index contributed by atoms with van der Waals surface area (Å²) in [5.74, 6) is 0. The number of hydrogen-bond donors (Lipinski definition) is 6. The van der Waals surface area contributed by atoms with Crippen LogP contribution < -0.4 is 11.0 Å². The maximum atomic E-state index is 9.10. The molecule has 0 atom stereocenters. The van der Waals surface area contributed by atoms with Crippen LogP contribution in [-0.2, 0) is 9.13 Å². The second kappa shape index (κ2) is 4.17. The normalized spacial score (nSPS) is 11.8. The van der Waals surface area contributed by atoms with Crippen molar-refractivity contribution in [2.24, 2.45) is 11.0 Å². The summed E-state index contributed by atoms with van der Waals surface area (Å²) in [7, 11) is -8.28. The zero-order chi connectivity index (χ0) is 9.00. The molecule has 10 heteroatoms. The largest absolute Gasteiger partial charge is 0.397 e. The van der Waals surface area contributed by atoms with Crippen LogP contribution in [0.15, 0.2) is 0 Å². The Morgan fingerprint density at radius 3 is 0.800 bits per heavy atom. The van der Waals surface area contributed by atoms with Gasteiger partial charge in [0.1, 0.15) is 0 Å². The van der Waals surface area contributed by atoms with Gasteiger partial charge in [-0.2, -0.15) is 0 Å². The van der Waals surface area contributed by atoms with Crippen LogP contribution in [0.25, 0.3) is 0 Å². The molecule has 0 fully saturated rings. The van der Waals surface area contributed by atoms with E-state index in [2.05, 4.69) is 11.0 Å². The van der Waals surface area contributed by atoms with Crippen LogP contribution in [0.4, 0.5) is 0 Å². The maximum absolute atomic E-state index is 9.10. The van der Waals surface area contributed by atoms with Crippen LogP contribution in [-0.4, -0.2) is 19.6 Å². The highest BCUT2D eigenvalue weighted by Crippen LogP contribution is 2.20. The first-order valence-corrected chi connectivity index (χ1v) is 5.04. The molecule has 0 heterocycles. The van der Waals surface area contributed by atoms with E-state index < -0.39 is 15.5 Å². The molecule has 0 aromatic carbocycles. The quantitative estimate of drug-likeness (QED) is 0.242. The number of rotatable bonds is 0. The van der Waals surface area contributed by atoms with Crippen LogP contribution >= 0.6 is 15.5 Å². The van der Waals surface area contributed by atoms with Crippen molar-refractivity contribution in [3.8, 4) is 0 Å². The van der Waals surface area contributed by atoms with E-state index in [1.165, 1.54) is 0 Å². The Bertz CT molecular complexity index is 126. The van der Waals surface area contributed by atoms with E-state index in [0.717, 1.165) is 0 Å². The van der Waals surface area contributed by atoms with Gasteiger partial charge in [0.25, 0.3) is 0 Å². The Morgan fingerprint density at radius 2 is 0.800 bits per heavy atom. The van der Waals surface area contributed by atoms with E-state index in [0.29, 0.717) is 0 Å². The summed E-state index contributed by atoms with van der Waals surface area (Å²) in [4.78, 5) is 29.6. The van der Waals surface area contributed by atoms with Crippen molar-refractivity contribution in [3.05, 3.63) is 0 Å². The molecular formula is H8N2O6P2. The Morgan fingerprint density at radius 1 is 0.800 bits per heavy atom. The summed E-state index contributed by atoms with van der Waals surface area (Å²) >= 11 is 0. The van der Waals surface area contributed by atoms with Gasteiger partial charge >= 0.3 is 15.5 Å². The third-order valence-electron chi connectivity index (χ3n) is 0. The van der Waals surface area contributed by atoms with Gasteiger partial charge in [0.05, 0.1) is 0 Å². The molecule has 0 spiro atoms. The van der Waals surface area contributed by atoms with Crippen LogP contribution in [0, 0.1) is 0 Å². The molecule has 0 saturated carbocycles. The summed E-state index contributed by atoms with van der Waals surface area (Å²) in [6.45, 7) is 0. The van der Waals surface area contributed by atoms with Crippen molar-refractivity contribution in [2.75, 3.05) is 0 Å². The van der Waals surface area contributed by atoms with Crippen molar-refractivity contribution in [1.29, 1.82) is 0 Å². The fourth-order valence-corrected chi connectivity index (χ4v) is 0. The zero-order valence-corrected chi connectivity index (χ0v) is 6.44. The zero-order valence-electron chi connectivity index (χ0n) is 4.65. The molecule has 0 rings (SSSR count). The molecule has 0 amide bonds. The smallest absolute Gasteiger partial charge is 0.313 e. The van der Waals surface area contributed by atoms with E-state index >= 15 is 0 Å². The third-order valence-corrected chi connectivity index (χ3v) is 0. The van der Waals surface area contributed by atoms with Crippen LogP contribution in [0.2, 0.25) is 0 Å². The second-order valence-electron chi connectivity index (χ2n) is 1.18. The lowest BCUT2D eigenvalue weighted by atomic mass is 13.9. The van der Waals surface area contributed by atoms with Crippen molar-refractivity contribution < 1.29 is 28.7 Å². The lowest BCUT2D eigenvalue weighted by Crippen LogP contribution is -1.87. The summed E-state index contributed by atoms with van der Waals surface area (Å²) in [5, 5.41) is 0. The highest BCUT2D eigenvalue weighted by molar-refractivity contribution is 7.49. The Hall–Kier alpha value is 0.220. The molecule has 64 valence electrons. The van der Waals surface area contributed by atoms with E-state index in [1.807, 2.05) is 0 Å². The van der Waals surface area contributed by atoms with Crippen molar-refractivity contribution in [1.82, 2.24) is 0 Å². The molecule has 0 saturated heterocycles. The minimum Gasteiger partial charge on any atom is -0.313 e. The molecule has 8 nitrogen and oxygen atoms in total. The van der Waals surface area contributed by atoms with Gasteiger partial charge in [0, 0.05) is 0 Å². The van der Waals surface area contributed by atoms with Gasteiger partial charge in [-0.3, -0.25) is 0 Å². The van der Waals surface area contributed by atoms with Crippen LogP contribution in [0.1, 0.15) is 0 Å². The summed E-state index contributed by atoms with van der Waals surface area (Å²) in [6.07, 6.45) is 0. The monoisotopic (exact) mass is 194 g/mol. The Labute approximate surface area is 56.3 Å². The van der Waals surface area contributed by atoms with E-state index in [-0.39, 0.29) is 0 Å². The molecule has 0 aromatic rings. The average Bonchev–Trinajstić information content (AvgIpc) is 1.12. The molecule has 0 aliphatic rings. The lowest BCUT2D eigenvalue weighted by Gasteiger charge is -1.84. The minimum absolute atomic E-state index is 4.02. The molecule has 0 unspecified atom stereocenters. The van der Waals surface area contributed by atoms with E-state index in [4.69, 9.17) is 28.7 Å². The standard InChI is InChI=1S/2H4NO3P/c2*1-5(2,3)4/h2*(H4,1,2,3,4). The second-order valence-corrected chi connectivity index (χ2v) is 3.53. The molecular weight excluding hydrogens is 186 g/mol. The maximum Gasteiger partial charge on any atom is 0.397 e. The molecule has 8 N–H and O–H groups in total. The van der Waals surface area contributed by atoms with Crippen LogP contribution in [0.3, 0.4) is 0 Å². The van der Waals surface area contributed by atoms with Gasteiger partial charge < -0.3 is 19.6 Å². The predicted molar refractivity (Wildman–Crippen MR) is 32.5 cm³/mol. The van der Waals surface area contributed by atoms with Gasteiger partial charge in [0.2, 0.25) is 0 Å². The summed E-state index contributed by atoms with van der Waals surface area (Å²) in [6, 6.07) is 0. The molecule has 10 heavy (non-hydrogen) atoms. The Kier molecular flexibility index (Phi) is 5.36. The molecule has 0 aliphatic carbocycles. The molecule has 0 radical (unpaired) electrons. The topological polar surface area (TPSA) is 167 Å². The molecule has 0 bridgehead atoms. The van der Waals surface area contributed by atoms with E-state index in [9.17, 15) is 0 Å². The van der Waals surface area contributed by atoms with Gasteiger partial charge in [-0.1, -0.05) is 0 Å². The highest BCUT2D eigenvalue weighted by atomic mass is 31.2. The van der Waals surface area contributed by atoms with Gasteiger partial charge in [-0.05, 0) is 0 Å². The number of hydrogen-bond acceptors (Lipinski definition) is 2. The minimum atomic E-state index is -4.14. The van der Waals surface area contributed by atoms with Crippen molar-refractivity contribution in [3.63, 3.8) is 0 Å². The molecule has 0 aliphatic heterocycles. The van der Waals surface area contributed by atoms with E-state index in [1.54, 1.807) is 0 Å². The number of nitrogens with two attached hydrogens (primary N) is 2. The molecule has 0 aromatic heterocycles. The lowest BCUT2D eigenvalue weighted by molar-refractivity contribution is 0.372. The fraction of sp³-hybridized carbons (Fsp3) is 0. The average molecular weight is 194 g/mol. The first-order valence-electron chi connectivity index (χ1n) is 1.68. The summed E-state index contributed by atoms with van der Waals surface area (Å²) < 4.78 is 18.2. The van der Waals surface area contributed by atoms with Crippen molar-refractivity contribution in [2.45, 2.75) is 0 Å². The highest BCUT2D eigenvalue weighted by Gasteiger charge is 1.97.